The molecule has 2 heterocycles. The number of pyridine rings is 1. The van der Waals surface area contributed by atoms with Crippen LogP contribution >= 0.6 is 0 Å². The van der Waals surface area contributed by atoms with Gasteiger partial charge in [0.1, 0.15) is 35.3 Å². The summed E-state index contributed by atoms with van der Waals surface area (Å²) in [6.07, 6.45) is 1.60. The number of hydrogen-bond donors (Lipinski definition) is 2. The summed E-state index contributed by atoms with van der Waals surface area (Å²) in [4.78, 5) is 6.82. The van der Waals surface area contributed by atoms with Gasteiger partial charge in [0.15, 0.2) is 0 Å². The fourth-order valence-electron chi connectivity index (χ4n) is 4.01. The largest absolute Gasteiger partial charge is 0.507 e. The quantitative estimate of drug-likeness (QED) is 0.627. The summed E-state index contributed by atoms with van der Waals surface area (Å²) in [5.74, 6) is 0.227. The van der Waals surface area contributed by atoms with Crippen LogP contribution in [-0.4, -0.2) is 36.3 Å². The Hall–Kier alpha value is -4.14. The first-order valence-corrected chi connectivity index (χ1v) is 10.5. The summed E-state index contributed by atoms with van der Waals surface area (Å²) in [5.41, 5.74) is 7.87. The van der Waals surface area contributed by atoms with E-state index in [1.807, 2.05) is 11.0 Å². The number of nitrogens with two attached hydrogens (primary N) is 1. The molecule has 166 valence electrons. The molecule has 0 amide bonds. The monoisotopic (exact) mass is 443 g/mol. The number of nitriles is 2. The summed E-state index contributed by atoms with van der Waals surface area (Å²) in [7, 11) is 1.47. The van der Waals surface area contributed by atoms with E-state index >= 15 is 0 Å². The lowest BCUT2D eigenvalue weighted by atomic mass is 9.95. The lowest BCUT2D eigenvalue weighted by Crippen LogP contribution is -2.40. The molecular formula is C25H22FN5O2. The molecule has 2 aromatic carbocycles. The van der Waals surface area contributed by atoms with Crippen LogP contribution in [0.5, 0.6) is 11.5 Å². The summed E-state index contributed by atoms with van der Waals surface area (Å²) in [6.45, 7) is 1.38. The first kappa shape index (κ1) is 22.1. The van der Waals surface area contributed by atoms with Crippen molar-refractivity contribution in [1.29, 1.82) is 10.5 Å². The number of anilines is 1. The third-order valence-corrected chi connectivity index (χ3v) is 5.82. The van der Waals surface area contributed by atoms with Crippen LogP contribution in [0.3, 0.4) is 0 Å². The predicted molar refractivity (Wildman–Crippen MR) is 122 cm³/mol. The molecule has 8 heteroatoms. The van der Waals surface area contributed by atoms with E-state index in [-0.39, 0.29) is 17.4 Å². The van der Waals surface area contributed by atoms with Gasteiger partial charge in [-0.15, -0.1) is 0 Å². The lowest BCUT2D eigenvalue weighted by molar-refractivity contribution is 0.413. The Kier molecular flexibility index (Phi) is 6.12. The Morgan fingerprint density at radius 3 is 2.39 bits per heavy atom. The Labute approximate surface area is 191 Å². The Bertz CT molecular complexity index is 1290. The Morgan fingerprint density at radius 2 is 1.76 bits per heavy atom. The van der Waals surface area contributed by atoms with Crippen LogP contribution in [0.2, 0.25) is 0 Å². The highest BCUT2D eigenvalue weighted by atomic mass is 19.1. The zero-order valence-corrected chi connectivity index (χ0v) is 18.0. The number of benzene rings is 2. The SMILES string of the molecule is COc1ccc(-c2c(O)cc(N3CCC(N)CC3)nc2-c2ccc(C#N)c(F)c2)cc1C#N. The molecule has 1 fully saturated rings. The Morgan fingerprint density at radius 1 is 1.06 bits per heavy atom. The van der Waals surface area contributed by atoms with Gasteiger partial charge in [0, 0.05) is 30.8 Å². The second-order valence-corrected chi connectivity index (χ2v) is 7.88. The minimum absolute atomic E-state index is 0.0521. The first-order chi connectivity index (χ1) is 15.9. The highest BCUT2D eigenvalue weighted by molar-refractivity contribution is 5.87. The van der Waals surface area contributed by atoms with Crippen molar-refractivity contribution in [1.82, 2.24) is 4.98 Å². The van der Waals surface area contributed by atoms with Gasteiger partial charge in [0.05, 0.1) is 29.5 Å². The van der Waals surface area contributed by atoms with Gasteiger partial charge in [-0.1, -0.05) is 12.1 Å². The average molecular weight is 443 g/mol. The van der Waals surface area contributed by atoms with Crippen molar-refractivity contribution in [2.45, 2.75) is 18.9 Å². The van der Waals surface area contributed by atoms with Crippen molar-refractivity contribution in [3.8, 4) is 46.0 Å². The van der Waals surface area contributed by atoms with E-state index in [0.717, 1.165) is 12.8 Å². The zero-order chi connectivity index (χ0) is 23.5. The molecule has 0 radical (unpaired) electrons. The lowest BCUT2D eigenvalue weighted by Gasteiger charge is -2.31. The van der Waals surface area contributed by atoms with Crippen LogP contribution in [0.1, 0.15) is 24.0 Å². The molecule has 3 N–H and O–H groups in total. The van der Waals surface area contributed by atoms with Gasteiger partial charge in [0.2, 0.25) is 0 Å². The van der Waals surface area contributed by atoms with Crippen LogP contribution in [-0.2, 0) is 0 Å². The molecule has 0 atom stereocenters. The number of methoxy groups -OCH3 is 1. The van der Waals surface area contributed by atoms with E-state index in [2.05, 4.69) is 6.07 Å². The third-order valence-electron chi connectivity index (χ3n) is 5.82. The normalized spacial score (nSPS) is 13.9. The fourth-order valence-corrected chi connectivity index (χ4v) is 4.01. The Balaban J connectivity index is 1.91. The van der Waals surface area contributed by atoms with Crippen LogP contribution in [0.25, 0.3) is 22.4 Å². The van der Waals surface area contributed by atoms with Crippen LogP contribution in [0, 0.1) is 28.5 Å². The molecule has 4 rings (SSSR count). The number of aromatic nitrogens is 1. The summed E-state index contributed by atoms with van der Waals surface area (Å²) in [6, 6.07) is 14.7. The first-order valence-electron chi connectivity index (χ1n) is 10.5. The van der Waals surface area contributed by atoms with E-state index in [4.69, 9.17) is 20.7 Å². The van der Waals surface area contributed by atoms with Gasteiger partial charge >= 0.3 is 0 Å². The minimum Gasteiger partial charge on any atom is -0.507 e. The minimum atomic E-state index is -0.677. The van der Waals surface area contributed by atoms with Crippen molar-refractivity contribution in [2.24, 2.45) is 5.73 Å². The van der Waals surface area contributed by atoms with Gasteiger partial charge in [-0.3, -0.25) is 0 Å². The molecule has 3 aromatic rings. The van der Waals surface area contributed by atoms with Gasteiger partial charge in [0.25, 0.3) is 0 Å². The number of aromatic hydroxyl groups is 1. The zero-order valence-electron chi connectivity index (χ0n) is 18.0. The summed E-state index contributed by atoms with van der Waals surface area (Å²) < 4.78 is 19.7. The molecular weight excluding hydrogens is 421 g/mol. The molecule has 0 spiro atoms. The number of hydrogen-bond acceptors (Lipinski definition) is 7. The average Bonchev–Trinajstić information content (AvgIpc) is 2.83. The van der Waals surface area contributed by atoms with Crippen molar-refractivity contribution in [3.05, 3.63) is 59.4 Å². The number of halogens is 1. The standard InChI is InChI=1S/C25H22FN5O2/c1-33-22-5-4-15(10-18(22)14-28)24-21(32)12-23(31-8-6-19(29)7-9-31)30-25(24)16-2-3-17(13-27)20(26)11-16/h2-5,10-12,19H,6-9,29H2,1H3,(H,30,32). The van der Waals surface area contributed by atoms with Crippen molar-refractivity contribution >= 4 is 5.82 Å². The summed E-state index contributed by atoms with van der Waals surface area (Å²) in [5, 5.41) is 29.7. The summed E-state index contributed by atoms with van der Waals surface area (Å²) >= 11 is 0. The van der Waals surface area contributed by atoms with Gasteiger partial charge in [-0.05, 0) is 42.7 Å². The molecule has 0 saturated carbocycles. The molecule has 0 aliphatic carbocycles. The van der Waals surface area contributed by atoms with Gasteiger partial charge in [-0.2, -0.15) is 10.5 Å². The van der Waals surface area contributed by atoms with E-state index in [1.165, 1.54) is 19.2 Å². The molecule has 1 aromatic heterocycles. The highest BCUT2D eigenvalue weighted by Crippen LogP contribution is 2.41. The van der Waals surface area contributed by atoms with Crippen molar-refractivity contribution in [2.75, 3.05) is 25.1 Å². The number of piperidine rings is 1. The van der Waals surface area contributed by atoms with Gasteiger partial charge in [-0.25, -0.2) is 9.37 Å². The maximum Gasteiger partial charge on any atom is 0.141 e. The van der Waals surface area contributed by atoms with E-state index in [9.17, 15) is 14.8 Å². The maximum atomic E-state index is 14.5. The van der Waals surface area contributed by atoms with E-state index in [1.54, 1.807) is 30.3 Å². The van der Waals surface area contributed by atoms with Crippen LogP contribution in [0.15, 0.2) is 42.5 Å². The molecule has 0 bridgehead atoms. The second-order valence-electron chi connectivity index (χ2n) is 7.88. The fraction of sp³-hybridized carbons (Fsp3) is 0.240. The number of ether oxygens (including phenoxy) is 1. The molecule has 7 nitrogen and oxygen atoms in total. The predicted octanol–water partition coefficient (Wildman–Crippen LogP) is 3.94. The van der Waals surface area contributed by atoms with Crippen LogP contribution < -0.4 is 15.4 Å². The van der Waals surface area contributed by atoms with Crippen molar-refractivity contribution < 1.29 is 14.2 Å². The molecule has 0 unspecified atom stereocenters. The number of rotatable bonds is 4. The molecule has 1 aliphatic rings. The van der Waals surface area contributed by atoms with Gasteiger partial charge < -0.3 is 20.5 Å². The molecule has 1 saturated heterocycles. The van der Waals surface area contributed by atoms with Crippen LogP contribution in [0.4, 0.5) is 10.2 Å². The molecule has 1 aliphatic heterocycles. The third kappa shape index (κ3) is 4.30. The topological polar surface area (TPSA) is 119 Å². The highest BCUT2D eigenvalue weighted by Gasteiger charge is 2.23. The number of nitrogens with zero attached hydrogens (tertiary/aromatic N) is 4. The second kappa shape index (κ2) is 9.15. The van der Waals surface area contributed by atoms with E-state index in [0.29, 0.717) is 52.6 Å². The molecule has 33 heavy (non-hydrogen) atoms. The van der Waals surface area contributed by atoms with Crippen molar-refractivity contribution in [3.63, 3.8) is 0 Å². The van der Waals surface area contributed by atoms with E-state index < -0.39 is 5.82 Å². The smallest absolute Gasteiger partial charge is 0.141 e. The maximum absolute atomic E-state index is 14.5.